The molecule has 1 aromatic rings. The molecule has 2 aliphatic rings. The zero-order chi connectivity index (χ0) is 16.1. The highest BCUT2D eigenvalue weighted by Gasteiger charge is 2.26. The van der Waals surface area contributed by atoms with Gasteiger partial charge < -0.3 is 10.6 Å². The highest BCUT2D eigenvalue weighted by Crippen LogP contribution is 2.28. The smallest absolute Gasteiger partial charge is 0.221 e. The van der Waals surface area contributed by atoms with Crippen LogP contribution in [-0.4, -0.2) is 61.5 Å². The van der Waals surface area contributed by atoms with Gasteiger partial charge in [0.25, 0.3) is 0 Å². The molecular formula is C18H28N4O. The summed E-state index contributed by atoms with van der Waals surface area (Å²) in [7, 11) is 0. The van der Waals surface area contributed by atoms with E-state index in [1.54, 1.807) is 6.92 Å². The molecule has 0 saturated carbocycles. The van der Waals surface area contributed by atoms with Gasteiger partial charge in [-0.05, 0) is 43.6 Å². The second kappa shape index (κ2) is 7.90. The third kappa shape index (κ3) is 4.53. The van der Waals surface area contributed by atoms with Gasteiger partial charge in [0.2, 0.25) is 5.91 Å². The predicted molar refractivity (Wildman–Crippen MR) is 93.6 cm³/mol. The van der Waals surface area contributed by atoms with Crippen molar-refractivity contribution in [3.63, 3.8) is 0 Å². The van der Waals surface area contributed by atoms with E-state index in [9.17, 15) is 4.79 Å². The number of hydrogen-bond donors (Lipinski definition) is 2. The van der Waals surface area contributed by atoms with Crippen molar-refractivity contribution in [1.82, 2.24) is 15.1 Å². The van der Waals surface area contributed by atoms with E-state index in [0.29, 0.717) is 6.04 Å². The number of amides is 1. The first-order valence-electron chi connectivity index (χ1n) is 8.77. The van der Waals surface area contributed by atoms with Gasteiger partial charge in [0.1, 0.15) is 0 Å². The number of carbonyl (C=O) groups excluding carboxylic acids is 1. The van der Waals surface area contributed by atoms with Crippen molar-refractivity contribution in [3.05, 3.63) is 29.8 Å². The van der Waals surface area contributed by atoms with Crippen molar-refractivity contribution < 1.29 is 4.79 Å². The molecule has 3 rings (SSSR count). The molecule has 23 heavy (non-hydrogen) atoms. The fourth-order valence-electron chi connectivity index (χ4n) is 3.65. The summed E-state index contributed by atoms with van der Waals surface area (Å²) >= 11 is 0. The van der Waals surface area contributed by atoms with Gasteiger partial charge in [-0.25, -0.2) is 0 Å². The van der Waals surface area contributed by atoms with Gasteiger partial charge in [-0.15, -0.1) is 0 Å². The van der Waals surface area contributed by atoms with Crippen LogP contribution in [0.1, 0.15) is 31.4 Å². The average Bonchev–Trinajstić information content (AvgIpc) is 3.07. The maximum Gasteiger partial charge on any atom is 0.221 e. The van der Waals surface area contributed by atoms with Gasteiger partial charge in [-0.3, -0.25) is 14.6 Å². The van der Waals surface area contributed by atoms with Gasteiger partial charge in [0.15, 0.2) is 0 Å². The van der Waals surface area contributed by atoms with Crippen LogP contribution in [0, 0.1) is 0 Å². The monoisotopic (exact) mass is 316 g/mol. The Balaban J connectivity index is 1.77. The van der Waals surface area contributed by atoms with Crippen molar-refractivity contribution in [1.29, 1.82) is 0 Å². The lowest BCUT2D eigenvalue weighted by Crippen LogP contribution is -2.47. The lowest BCUT2D eigenvalue weighted by atomic mass is 10.0. The van der Waals surface area contributed by atoms with Crippen LogP contribution < -0.4 is 10.6 Å². The predicted octanol–water partition coefficient (Wildman–Crippen LogP) is 1.69. The van der Waals surface area contributed by atoms with E-state index < -0.39 is 0 Å². The van der Waals surface area contributed by atoms with Crippen LogP contribution in [0.3, 0.4) is 0 Å². The Morgan fingerprint density at radius 1 is 1.22 bits per heavy atom. The molecule has 2 heterocycles. The van der Waals surface area contributed by atoms with Gasteiger partial charge in [-0.2, -0.15) is 0 Å². The molecule has 0 spiro atoms. The fourth-order valence-corrected chi connectivity index (χ4v) is 3.65. The number of likely N-dealkylation sites (tertiary alicyclic amines) is 1. The number of rotatable bonds is 5. The molecule has 1 atom stereocenters. The third-order valence-electron chi connectivity index (χ3n) is 4.81. The number of nitrogens with one attached hydrogen (secondary N) is 2. The summed E-state index contributed by atoms with van der Waals surface area (Å²) in [5, 5.41) is 6.34. The SMILES string of the molecule is CC(=O)Nc1cccc(C(CN2CCNCC2)N2CCCC2)c1. The lowest BCUT2D eigenvalue weighted by Gasteiger charge is -2.35. The zero-order valence-corrected chi connectivity index (χ0v) is 14.1. The van der Waals surface area contributed by atoms with Gasteiger partial charge in [0.05, 0.1) is 0 Å². The largest absolute Gasteiger partial charge is 0.326 e. The molecule has 1 unspecified atom stereocenters. The van der Waals surface area contributed by atoms with Gasteiger partial charge >= 0.3 is 0 Å². The summed E-state index contributed by atoms with van der Waals surface area (Å²) < 4.78 is 0. The third-order valence-corrected chi connectivity index (χ3v) is 4.81. The molecule has 5 heteroatoms. The Labute approximate surface area is 139 Å². The van der Waals surface area contributed by atoms with E-state index in [1.807, 2.05) is 6.07 Å². The highest BCUT2D eigenvalue weighted by molar-refractivity contribution is 5.88. The normalized spacial score (nSPS) is 21.3. The van der Waals surface area contributed by atoms with Crippen LogP contribution in [0.5, 0.6) is 0 Å². The number of benzene rings is 1. The Bertz CT molecular complexity index is 522. The Morgan fingerprint density at radius 2 is 1.96 bits per heavy atom. The number of anilines is 1. The van der Waals surface area contributed by atoms with Crippen LogP contribution in [0.25, 0.3) is 0 Å². The standard InChI is InChI=1S/C18H28N4O/c1-15(23)20-17-6-4-5-16(13-17)18(22-9-2-3-10-22)14-21-11-7-19-8-12-21/h4-6,13,18-19H,2-3,7-12,14H2,1H3,(H,20,23). The summed E-state index contributed by atoms with van der Waals surface area (Å²) in [4.78, 5) is 16.5. The lowest BCUT2D eigenvalue weighted by molar-refractivity contribution is -0.114. The first-order chi connectivity index (χ1) is 11.2. The molecule has 5 nitrogen and oxygen atoms in total. The molecule has 1 aromatic carbocycles. The molecule has 0 aliphatic carbocycles. The minimum atomic E-state index is -0.0121. The molecule has 0 aromatic heterocycles. The second-order valence-corrected chi connectivity index (χ2v) is 6.62. The van der Waals surface area contributed by atoms with Crippen molar-refractivity contribution in [2.24, 2.45) is 0 Å². The van der Waals surface area contributed by atoms with Crippen molar-refractivity contribution in [2.45, 2.75) is 25.8 Å². The molecule has 0 bridgehead atoms. The number of hydrogen-bond acceptors (Lipinski definition) is 4. The maximum atomic E-state index is 11.3. The van der Waals surface area contributed by atoms with Crippen LogP contribution in [0.2, 0.25) is 0 Å². The van der Waals surface area contributed by atoms with Crippen molar-refractivity contribution in [2.75, 3.05) is 51.1 Å². The first-order valence-corrected chi connectivity index (χ1v) is 8.77. The number of piperazine rings is 1. The average molecular weight is 316 g/mol. The van der Waals surface area contributed by atoms with Crippen molar-refractivity contribution in [3.8, 4) is 0 Å². The topological polar surface area (TPSA) is 47.6 Å². The second-order valence-electron chi connectivity index (χ2n) is 6.62. The summed E-state index contributed by atoms with van der Waals surface area (Å²) in [6, 6.07) is 8.80. The molecule has 2 fully saturated rings. The van der Waals surface area contributed by atoms with Crippen LogP contribution in [0.15, 0.2) is 24.3 Å². The quantitative estimate of drug-likeness (QED) is 0.868. The van der Waals surface area contributed by atoms with Crippen LogP contribution in [0.4, 0.5) is 5.69 Å². The molecule has 0 radical (unpaired) electrons. The molecule has 126 valence electrons. The van der Waals surface area contributed by atoms with E-state index >= 15 is 0 Å². The molecule has 2 N–H and O–H groups in total. The summed E-state index contributed by atoms with van der Waals surface area (Å²) in [6.07, 6.45) is 2.59. The number of nitrogens with zero attached hydrogens (tertiary/aromatic N) is 2. The Morgan fingerprint density at radius 3 is 2.65 bits per heavy atom. The zero-order valence-electron chi connectivity index (χ0n) is 14.1. The summed E-state index contributed by atoms with van der Waals surface area (Å²) in [5.41, 5.74) is 2.22. The Hall–Kier alpha value is -1.43. The van der Waals surface area contributed by atoms with E-state index in [-0.39, 0.29) is 5.91 Å². The number of carbonyl (C=O) groups is 1. The van der Waals surface area contributed by atoms with Crippen LogP contribution in [-0.2, 0) is 4.79 Å². The van der Waals surface area contributed by atoms with E-state index in [4.69, 9.17) is 0 Å². The minimum absolute atomic E-state index is 0.0121. The van der Waals surface area contributed by atoms with Crippen LogP contribution >= 0.6 is 0 Å². The Kier molecular flexibility index (Phi) is 5.65. The van der Waals surface area contributed by atoms with E-state index in [1.165, 1.54) is 31.5 Å². The summed E-state index contributed by atoms with van der Waals surface area (Å²) in [6.45, 7) is 9.40. The molecule has 2 saturated heterocycles. The molecular weight excluding hydrogens is 288 g/mol. The van der Waals surface area contributed by atoms with Gasteiger partial charge in [0, 0.05) is 51.4 Å². The van der Waals surface area contributed by atoms with E-state index in [2.05, 4.69) is 38.6 Å². The maximum absolute atomic E-state index is 11.3. The highest BCUT2D eigenvalue weighted by atomic mass is 16.1. The fraction of sp³-hybridized carbons (Fsp3) is 0.611. The van der Waals surface area contributed by atoms with E-state index in [0.717, 1.165) is 38.4 Å². The summed E-state index contributed by atoms with van der Waals surface area (Å²) in [5.74, 6) is -0.0121. The minimum Gasteiger partial charge on any atom is -0.326 e. The molecule has 1 amide bonds. The van der Waals surface area contributed by atoms with Crippen molar-refractivity contribution >= 4 is 11.6 Å². The van der Waals surface area contributed by atoms with Gasteiger partial charge in [-0.1, -0.05) is 12.1 Å². The first kappa shape index (κ1) is 16.4. The molecule has 2 aliphatic heterocycles.